The molecule has 0 aromatic carbocycles. The molecule has 0 aromatic heterocycles. The molecule has 0 aromatic rings. The molecule has 0 bridgehead atoms. The third-order valence-corrected chi connectivity index (χ3v) is 9.29. The lowest BCUT2D eigenvalue weighted by Gasteiger charge is -2.25. The Morgan fingerprint density at radius 2 is 1.22 bits per heavy atom. The number of aliphatic hydroxyl groups is 1. The van der Waals surface area contributed by atoms with E-state index in [4.69, 9.17) is 14.8 Å². The fraction of sp³-hybridized carbons (Fsp3) is 0.865. The van der Waals surface area contributed by atoms with Crippen LogP contribution in [0.25, 0.3) is 0 Å². The standard InChI is InChI=1S/C37H73N2O6P/c1-3-5-7-9-11-13-15-17-19-21-23-25-27-29-31-37(41)39-35(34-45-46(42,43)44-33-32-38)36(40)30-28-26-24-22-20-18-16-14-12-10-8-6-4-2/h9,11,15,17,35-36,40H,3-8,10,12-14,16,18-34,38H2,1-2H3,(H,39,41)(H,42,43)/b11-9-,17-15-. The van der Waals surface area contributed by atoms with E-state index in [0.717, 1.165) is 64.2 Å². The number of nitrogens with one attached hydrogen (secondary N) is 1. The maximum atomic E-state index is 12.7. The molecule has 3 unspecified atom stereocenters. The second-order valence-electron chi connectivity index (χ2n) is 12.8. The Morgan fingerprint density at radius 1 is 0.717 bits per heavy atom. The summed E-state index contributed by atoms with van der Waals surface area (Å²) in [5, 5.41) is 13.7. The summed E-state index contributed by atoms with van der Waals surface area (Å²) < 4.78 is 22.1. The second kappa shape index (κ2) is 33.9. The van der Waals surface area contributed by atoms with Crippen molar-refractivity contribution >= 4 is 13.7 Å². The number of aliphatic hydroxyl groups excluding tert-OH is 1. The fourth-order valence-electron chi connectivity index (χ4n) is 5.39. The van der Waals surface area contributed by atoms with Gasteiger partial charge >= 0.3 is 7.82 Å². The van der Waals surface area contributed by atoms with Gasteiger partial charge in [-0.25, -0.2) is 4.57 Å². The Labute approximate surface area is 283 Å². The number of phosphoric acid groups is 1. The zero-order chi connectivity index (χ0) is 34.0. The van der Waals surface area contributed by atoms with Gasteiger partial charge in [0.25, 0.3) is 0 Å². The summed E-state index contributed by atoms with van der Waals surface area (Å²) in [5.74, 6) is -0.177. The zero-order valence-electron chi connectivity index (χ0n) is 29.8. The number of amides is 1. The molecule has 0 heterocycles. The van der Waals surface area contributed by atoms with Crippen molar-refractivity contribution in [1.29, 1.82) is 0 Å². The third-order valence-electron chi connectivity index (χ3n) is 8.31. The van der Waals surface area contributed by atoms with Gasteiger partial charge in [0.15, 0.2) is 0 Å². The van der Waals surface area contributed by atoms with Crippen molar-refractivity contribution in [1.82, 2.24) is 5.32 Å². The molecule has 0 saturated carbocycles. The van der Waals surface area contributed by atoms with E-state index >= 15 is 0 Å². The molecule has 0 fully saturated rings. The summed E-state index contributed by atoms with van der Waals surface area (Å²) in [4.78, 5) is 22.6. The summed E-state index contributed by atoms with van der Waals surface area (Å²) in [6.07, 6.45) is 36.0. The summed E-state index contributed by atoms with van der Waals surface area (Å²) >= 11 is 0. The lowest BCUT2D eigenvalue weighted by Crippen LogP contribution is -2.46. The van der Waals surface area contributed by atoms with E-state index in [9.17, 15) is 19.4 Å². The van der Waals surface area contributed by atoms with Crippen molar-refractivity contribution in [3.63, 3.8) is 0 Å². The molecule has 0 aliphatic carbocycles. The minimum Gasteiger partial charge on any atom is -0.391 e. The number of unbranched alkanes of at least 4 members (excludes halogenated alkanes) is 19. The molecule has 1 amide bonds. The Kier molecular flexibility index (Phi) is 33.1. The van der Waals surface area contributed by atoms with Crippen LogP contribution >= 0.6 is 7.82 Å². The molecule has 0 radical (unpaired) electrons. The van der Waals surface area contributed by atoms with Crippen molar-refractivity contribution in [2.45, 2.75) is 187 Å². The summed E-state index contributed by atoms with van der Waals surface area (Å²) in [7, 11) is -4.31. The molecular formula is C37H73N2O6P. The predicted molar refractivity (Wildman–Crippen MR) is 194 cm³/mol. The molecule has 0 spiro atoms. The van der Waals surface area contributed by atoms with Crippen molar-refractivity contribution in [3.05, 3.63) is 24.3 Å². The Morgan fingerprint density at radius 3 is 1.78 bits per heavy atom. The predicted octanol–water partition coefficient (Wildman–Crippen LogP) is 9.83. The highest BCUT2D eigenvalue weighted by Gasteiger charge is 2.27. The van der Waals surface area contributed by atoms with Crippen LogP contribution in [0.15, 0.2) is 24.3 Å². The second-order valence-corrected chi connectivity index (χ2v) is 14.2. The van der Waals surface area contributed by atoms with Crippen LogP contribution in [-0.2, 0) is 18.4 Å². The fourth-order valence-corrected chi connectivity index (χ4v) is 6.15. The van der Waals surface area contributed by atoms with E-state index < -0.39 is 20.0 Å². The average molecular weight is 673 g/mol. The molecule has 46 heavy (non-hydrogen) atoms. The average Bonchev–Trinajstić information content (AvgIpc) is 3.04. The van der Waals surface area contributed by atoms with Crippen LogP contribution < -0.4 is 11.1 Å². The van der Waals surface area contributed by atoms with Crippen molar-refractivity contribution in [2.24, 2.45) is 5.73 Å². The van der Waals surface area contributed by atoms with E-state index in [2.05, 4.69) is 43.5 Å². The molecule has 0 aliphatic heterocycles. The van der Waals surface area contributed by atoms with Gasteiger partial charge in [-0.2, -0.15) is 0 Å². The first-order valence-corrected chi connectivity index (χ1v) is 20.4. The lowest BCUT2D eigenvalue weighted by atomic mass is 10.0. The van der Waals surface area contributed by atoms with Gasteiger partial charge in [-0.3, -0.25) is 13.8 Å². The quantitative estimate of drug-likeness (QED) is 0.0299. The molecule has 272 valence electrons. The monoisotopic (exact) mass is 673 g/mol. The Hall–Kier alpha value is -1.02. The van der Waals surface area contributed by atoms with Crippen LogP contribution in [0.5, 0.6) is 0 Å². The highest BCUT2D eigenvalue weighted by Crippen LogP contribution is 2.43. The van der Waals surface area contributed by atoms with E-state index in [-0.39, 0.29) is 25.7 Å². The molecular weight excluding hydrogens is 599 g/mol. The summed E-state index contributed by atoms with van der Waals surface area (Å²) in [5.41, 5.74) is 5.36. The van der Waals surface area contributed by atoms with Gasteiger partial charge in [0.05, 0.1) is 25.4 Å². The van der Waals surface area contributed by atoms with E-state index in [1.165, 1.54) is 83.5 Å². The smallest absolute Gasteiger partial charge is 0.391 e. The topological polar surface area (TPSA) is 131 Å². The maximum Gasteiger partial charge on any atom is 0.472 e. The van der Waals surface area contributed by atoms with Gasteiger partial charge in [-0.1, -0.05) is 154 Å². The molecule has 0 saturated heterocycles. The van der Waals surface area contributed by atoms with E-state index in [1.54, 1.807) is 0 Å². The third kappa shape index (κ3) is 31.6. The van der Waals surface area contributed by atoms with Gasteiger partial charge in [-0.05, 0) is 38.5 Å². The highest BCUT2D eigenvalue weighted by molar-refractivity contribution is 7.47. The number of carbonyl (C=O) groups excluding carboxylic acids is 1. The van der Waals surface area contributed by atoms with E-state index in [1.807, 2.05) is 0 Å². The first kappa shape index (κ1) is 45.0. The van der Waals surface area contributed by atoms with Crippen LogP contribution in [0, 0.1) is 0 Å². The number of phosphoric ester groups is 1. The van der Waals surface area contributed by atoms with Gasteiger partial charge in [-0.15, -0.1) is 0 Å². The number of carbonyl (C=O) groups is 1. The van der Waals surface area contributed by atoms with Crippen LogP contribution in [0.1, 0.15) is 174 Å². The Balaban J connectivity index is 4.28. The number of hydrogen-bond donors (Lipinski definition) is 4. The molecule has 9 heteroatoms. The number of rotatable bonds is 35. The normalized spacial score (nSPS) is 14.6. The molecule has 8 nitrogen and oxygen atoms in total. The SMILES string of the molecule is CCCC/C=C\C/C=C\CCCCCCCC(=O)NC(COP(=O)(O)OCCN)C(O)CCCCCCCCCCCCCCC. The van der Waals surface area contributed by atoms with Gasteiger partial charge in [0.2, 0.25) is 5.91 Å². The minimum atomic E-state index is -4.31. The number of nitrogens with two attached hydrogens (primary N) is 1. The van der Waals surface area contributed by atoms with Gasteiger partial charge in [0, 0.05) is 13.0 Å². The van der Waals surface area contributed by atoms with Crippen molar-refractivity contribution in [2.75, 3.05) is 19.8 Å². The molecule has 0 rings (SSSR count). The molecule has 5 N–H and O–H groups in total. The van der Waals surface area contributed by atoms with Crippen LogP contribution in [0.3, 0.4) is 0 Å². The van der Waals surface area contributed by atoms with Gasteiger partial charge < -0.3 is 21.1 Å². The first-order chi connectivity index (χ1) is 22.4. The first-order valence-electron chi connectivity index (χ1n) is 19.0. The molecule has 0 aliphatic rings. The molecule has 3 atom stereocenters. The van der Waals surface area contributed by atoms with Crippen LogP contribution in [-0.4, -0.2) is 47.8 Å². The van der Waals surface area contributed by atoms with Crippen LogP contribution in [0.4, 0.5) is 0 Å². The van der Waals surface area contributed by atoms with Crippen molar-refractivity contribution in [3.8, 4) is 0 Å². The Bertz CT molecular complexity index is 779. The van der Waals surface area contributed by atoms with Crippen molar-refractivity contribution < 1.29 is 28.4 Å². The highest BCUT2D eigenvalue weighted by atomic mass is 31.2. The lowest BCUT2D eigenvalue weighted by molar-refractivity contribution is -0.123. The minimum absolute atomic E-state index is 0.0865. The number of hydrogen-bond acceptors (Lipinski definition) is 6. The summed E-state index contributed by atoms with van der Waals surface area (Å²) in [6.45, 7) is 4.14. The van der Waals surface area contributed by atoms with E-state index in [0.29, 0.717) is 12.8 Å². The number of allylic oxidation sites excluding steroid dienone is 4. The maximum absolute atomic E-state index is 12.7. The zero-order valence-corrected chi connectivity index (χ0v) is 30.7. The van der Waals surface area contributed by atoms with Crippen LogP contribution in [0.2, 0.25) is 0 Å². The van der Waals surface area contributed by atoms with Gasteiger partial charge in [0.1, 0.15) is 0 Å². The summed E-state index contributed by atoms with van der Waals surface area (Å²) in [6, 6.07) is -0.778. The largest absolute Gasteiger partial charge is 0.472 e.